The van der Waals surface area contributed by atoms with E-state index in [-0.39, 0.29) is 24.8 Å². The summed E-state index contributed by atoms with van der Waals surface area (Å²) in [7, 11) is 0. The highest BCUT2D eigenvalue weighted by Gasteiger charge is 2.38. The van der Waals surface area contributed by atoms with Gasteiger partial charge in [0, 0.05) is 25.6 Å². The summed E-state index contributed by atoms with van der Waals surface area (Å²) in [5, 5.41) is 7.95. The molecule has 0 spiro atoms. The molecular formula is C16H27F2N3. The molecule has 1 heterocycles. The minimum absolute atomic E-state index is 0.0177. The van der Waals surface area contributed by atoms with Crippen LogP contribution in [-0.4, -0.2) is 22.2 Å². The molecular weight excluding hydrogens is 272 g/mol. The van der Waals surface area contributed by atoms with E-state index in [0.29, 0.717) is 12.8 Å². The summed E-state index contributed by atoms with van der Waals surface area (Å²) >= 11 is 0. The van der Waals surface area contributed by atoms with Gasteiger partial charge in [-0.1, -0.05) is 13.8 Å². The van der Waals surface area contributed by atoms with Crippen LogP contribution in [0.3, 0.4) is 0 Å². The van der Waals surface area contributed by atoms with Crippen LogP contribution in [0, 0.1) is 5.92 Å². The third-order valence-electron chi connectivity index (χ3n) is 4.35. The van der Waals surface area contributed by atoms with Crippen molar-refractivity contribution in [1.29, 1.82) is 0 Å². The monoisotopic (exact) mass is 299 g/mol. The molecule has 0 bridgehead atoms. The predicted octanol–water partition coefficient (Wildman–Crippen LogP) is 4.16. The lowest BCUT2D eigenvalue weighted by molar-refractivity contribution is -0.0500. The maximum absolute atomic E-state index is 13.4. The van der Waals surface area contributed by atoms with Gasteiger partial charge < -0.3 is 5.32 Å². The normalized spacial score (nSPS) is 20.6. The topological polar surface area (TPSA) is 29.9 Å². The largest absolute Gasteiger partial charge is 0.308 e. The Kier molecular flexibility index (Phi) is 5.73. The van der Waals surface area contributed by atoms with Gasteiger partial charge in [0.05, 0.1) is 11.7 Å². The van der Waals surface area contributed by atoms with E-state index in [1.807, 2.05) is 16.9 Å². The summed E-state index contributed by atoms with van der Waals surface area (Å²) in [6.45, 7) is 6.05. The smallest absolute Gasteiger partial charge is 0.248 e. The minimum atomic E-state index is -2.46. The zero-order valence-electron chi connectivity index (χ0n) is 13.1. The molecule has 1 N–H and O–H groups in total. The maximum Gasteiger partial charge on any atom is 0.248 e. The number of hydrogen-bond acceptors (Lipinski definition) is 2. The first-order valence-electron chi connectivity index (χ1n) is 8.20. The van der Waals surface area contributed by atoms with Crippen LogP contribution in [0.15, 0.2) is 12.3 Å². The van der Waals surface area contributed by atoms with E-state index < -0.39 is 5.92 Å². The molecule has 1 aliphatic rings. The number of halogens is 2. The fourth-order valence-electron chi connectivity index (χ4n) is 3.21. The number of aromatic nitrogens is 2. The average molecular weight is 299 g/mol. The highest BCUT2D eigenvalue weighted by molar-refractivity contribution is 5.09. The van der Waals surface area contributed by atoms with Gasteiger partial charge in [-0.15, -0.1) is 0 Å². The molecule has 2 rings (SSSR count). The Morgan fingerprint density at radius 3 is 2.67 bits per heavy atom. The van der Waals surface area contributed by atoms with Crippen LogP contribution in [0.25, 0.3) is 0 Å². The molecule has 120 valence electrons. The third kappa shape index (κ3) is 4.25. The average Bonchev–Trinajstić information content (AvgIpc) is 2.89. The molecule has 0 radical (unpaired) electrons. The van der Waals surface area contributed by atoms with Gasteiger partial charge in [-0.25, -0.2) is 8.78 Å². The maximum atomic E-state index is 13.4. The Morgan fingerprint density at radius 2 is 2.05 bits per heavy atom. The number of nitrogens with one attached hydrogen (secondary N) is 1. The first kappa shape index (κ1) is 16.4. The van der Waals surface area contributed by atoms with Crippen molar-refractivity contribution in [3.8, 4) is 0 Å². The van der Waals surface area contributed by atoms with E-state index in [1.54, 1.807) is 0 Å². The van der Waals surface area contributed by atoms with Crippen LogP contribution in [0.5, 0.6) is 0 Å². The Bertz CT molecular complexity index is 421. The second-order valence-electron chi connectivity index (χ2n) is 6.10. The summed E-state index contributed by atoms with van der Waals surface area (Å²) in [5.74, 6) is -2.18. The summed E-state index contributed by atoms with van der Waals surface area (Å²) in [6.07, 6.45) is 5.10. The number of aryl methyl sites for hydroxylation is 1. The molecule has 21 heavy (non-hydrogen) atoms. The van der Waals surface area contributed by atoms with Gasteiger partial charge in [-0.3, -0.25) is 4.68 Å². The van der Waals surface area contributed by atoms with Gasteiger partial charge in [0.1, 0.15) is 0 Å². The van der Waals surface area contributed by atoms with Gasteiger partial charge in [0.15, 0.2) is 0 Å². The van der Waals surface area contributed by atoms with Gasteiger partial charge in [-0.2, -0.15) is 5.10 Å². The van der Waals surface area contributed by atoms with Crippen LogP contribution in [0.4, 0.5) is 8.78 Å². The number of hydrogen-bond donors (Lipinski definition) is 1. The Hall–Kier alpha value is -0.970. The second kappa shape index (κ2) is 7.34. The van der Waals surface area contributed by atoms with Gasteiger partial charge in [0.25, 0.3) is 0 Å². The molecule has 1 atom stereocenters. The first-order valence-corrected chi connectivity index (χ1v) is 8.20. The van der Waals surface area contributed by atoms with Crippen molar-refractivity contribution >= 4 is 0 Å². The van der Waals surface area contributed by atoms with E-state index in [2.05, 4.69) is 24.3 Å². The lowest BCUT2D eigenvalue weighted by Crippen LogP contribution is -2.35. The van der Waals surface area contributed by atoms with E-state index in [0.717, 1.165) is 31.6 Å². The lowest BCUT2D eigenvalue weighted by atomic mass is 9.81. The van der Waals surface area contributed by atoms with Crippen LogP contribution < -0.4 is 5.32 Å². The van der Waals surface area contributed by atoms with Crippen molar-refractivity contribution in [3.63, 3.8) is 0 Å². The van der Waals surface area contributed by atoms with E-state index in [9.17, 15) is 8.78 Å². The quantitative estimate of drug-likeness (QED) is 0.819. The predicted molar refractivity (Wildman–Crippen MR) is 80.5 cm³/mol. The second-order valence-corrected chi connectivity index (χ2v) is 6.10. The number of rotatable bonds is 7. The molecule has 1 unspecified atom stereocenters. The van der Waals surface area contributed by atoms with Crippen molar-refractivity contribution < 1.29 is 8.78 Å². The third-order valence-corrected chi connectivity index (χ3v) is 4.35. The van der Waals surface area contributed by atoms with E-state index >= 15 is 0 Å². The Labute approximate surface area is 126 Å². The van der Waals surface area contributed by atoms with Gasteiger partial charge in [-0.05, 0) is 44.2 Å². The van der Waals surface area contributed by atoms with Crippen molar-refractivity contribution in [1.82, 2.24) is 15.1 Å². The SMILES string of the molecule is CCCNC(c1ccnn1CCC)C1CCC(F)(F)CC1. The summed E-state index contributed by atoms with van der Waals surface area (Å²) in [5.41, 5.74) is 1.15. The first-order chi connectivity index (χ1) is 10.1. The zero-order chi connectivity index (χ0) is 15.3. The molecule has 5 heteroatoms. The van der Waals surface area contributed by atoms with Gasteiger partial charge in [0.2, 0.25) is 5.92 Å². The molecule has 1 aliphatic carbocycles. The molecule has 1 fully saturated rings. The standard InChI is InChI=1S/C16H27F2N3/c1-3-10-19-15(13-5-8-16(17,18)9-6-13)14-7-11-20-21(14)12-4-2/h7,11,13,15,19H,3-6,8-10,12H2,1-2H3. The lowest BCUT2D eigenvalue weighted by Gasteiger charge is -2.34. The van der Waals surface area contributed by atoms with Crippen LogP contribution >= 0.6 is 0 Å². The van der Waals surface area contributed by atoms with Crippen molar-refractivity contribution in [3.05, 3.63) is 18.0 Å². The van der Waals surface area contributed by atoms with Crippen molar-refractivity contribution in [2.45, 2.75) is 70.9 Å². The van der Waals surface area contributed by atoms with Crippen molar-refractivity contribution in [2.24, 2.45) is 5.92 Å². The summed E-state index contributed by atoms with van der Waals surface area (Å²) < 4.78 is 28.8. The van der Waals surface area contributed by atoms with Crippen LogP contribution in [-0.2, 0) is 6.54 Å². The molecule has 0 aliphatic heterocycles. The minimum Gasteiger partial charge on any atom is -0.308 e. The Balaban J connectivity index is 2.12. The molecule has 1 aromatic rings. The summed E-state index contributed by atoms with van der Waals surface area (Å²) in [4.78, 5) is 0. The molecule has 0 amide bonds. The van der Waals surface area contributed by atoms with Crippen LogP contribution in [0.1, 0.15) is 64.1 Å². The molecule has 1 saturated carbocycles. The fourth-order valence-corrected chi connectivity index (χ4v) is 3.21. The molecule has 0 saturated heterocycles. The summed E-state index contributed by atoms with van der Waals surface area (Å²) in [6, 6.07) is 2.19. The highest BCUT2D eigenvalue weighted by atomic mass is 19.3. The fraction of sp³-hybridized carbons (Fsp3) is 0.812. The van der Waals surface area contributed by atoms with Crippen LogP contribution in [0.2, 0.25) is 0 Å². The van der Waals surface area contributed by atoms with E-state index in [4.69, 9.17) is 0 Å². The Morgan fingerprint density at radius 1 is 1.33 bits per heavy atom. The van der Waals surface area contributed by atoms with Crippen molar-refractivity contribution in [2.75, 3.05) is 6.54 Å². The zero-order valence-corrected chi connectivity index (χ0v) is 13.1. The molecule has 0 aromatic carbocycles. The van der Waals surface area contributed by atoms with E-state index in [1.165, 1.54) is 0 Å². The molecule has 1 aromatic heterocycles. The number of alkyl halides is 2. The molecule has 3 nitrogen and oxygen atoms in total. The number of nitrogens with zero attached hydrogens (tertiary/aromatic N) is 2. The highest BCUT2D eigenvalue weighted by Crippen LogP contribution is 2.41. The van der Waals surface area contributed by atoms with Gasteiger partial charge >= 0.3 is 0 Å².